The summed E-state index contributed by atoms with van der Waals surface area (Å²) in [5.74, 6) is -0.237. The van der Waals surface area contributed by atoms with E-state index in [2.05, 4.69) is 33.4 Å². The Morgan fingerprint density at radius 3 is 2.55 bits per heavy atom. The lowest BCUT2D eigenvalue weighted by Crippen LogP contribution is -2.14. The first-order chi connectivity index (χ1) is 9.70. The van der Waals surface area contributed by atoms with Crippen LogP contribution in [-0.2, 0) is 24.4 Å². The summed E-state index contributed by atoms with van der Waals surface area (Å²) in [5.41, 5.74) is 3.45. The number of methoxy groups -OCH3 is 1. The number of hydrogen-bond donors (Lipinski definition) is 1. The summed E-state index contributed by atoms with van der Waals surface area (Å²) in [6, 6.07) is 13.2. The molecule has 1 N–H and O–H groups in total. The van der Waals surface area contributed by atoms with E-state index in [1.54, 1.807) is 19.2 Å². The van der Waals surface area contributed by atoms with E-state index < -0.39 is 0 Å². The van der Waals surface area contributed by atoms with Crippen molar-refractivity contribution in [2.45, 2.75) is 19.7 Å². The second-order valence-electron chi connectivity index (χ2n) is 4.55. The average molecular weight is 338 g/mol. The molecule has 0 aliphatic rings. The zero-order valence-electron chi connectivity index (χ0n) is 11.3. The van der Waals surface area contributed by atoms with Gasteiger partial charge in [-0.1, -0.05) is 30.3 Å². The number of hydrogen-bond acceptors (Lipinski definition) is 2. The van der Waals surface area contributed by atoms with Gasteiger partial charge in [-0.05, 0) is 44.8 Å². The topological polar surface area (TPSA) is 21.3 Å². The molecule has 0 radical (unpaired) electrons. The summed E-state index contributed by atoms with van der Waals surface area (Å²) in [6.07, 6.45) is 0. The van der Waals surface area contributed by atoms with Crippen molar-refractivity contribution >= 4 is 15.9 Å². The standard InChI is InChI=1S/C16H17BrFNO/c1-20-11-14-5-3-2-4-13(14)10-19-9-12-6-7-16(18)15(17)8-12/h2-8,19H,9-11H2,1H3. The zero-order valence-corrected chi connectivity index (χ0v) is 12.9. The monoisotopic (exact) mass is 337 g/mol. The van der Waals surface area contributed by atoms with Crippen LogP contribution in [-0.4, -0.2) is 7.11 Å². The highest BCUT2D eigenvalue weighted by atomic mass is 79.9. The molecule has 2 aromatic rings. The van der Waals surface area contributed by atoms with Crippen molar-refractivity contribution in [1.29, 1.82) is 0 Å². The van der Waals surface area contributed by atoms with Crippen LogP contribution in [0.5, 0.6) is 0 Å². The van der Waals surface area contributed by atoms with Crippen molar-refractivity contribution in [3.8, 4) is 0 Å². The van der Waals surface area contributed by atoms with Gasteiger partial charge in [0.15, 0.2) is 0 Å². The van der Waals surface area contributed by atoms with E-state index in [1.165, 1.54) is 17.2 Å². The molecule has 2 nitrogen and oxygen atoms in total. The normalized spacial score (nSPS) is 10.8. The molecule has 2 aromatic carbocycles. The molecule has 106 valence electrons. The summed E-state index contributed by atoms with van der Waals surface area (Å²) >= 11 is 3.20. The van der Waals surface area contributed by atoms with E-state index >= 15 is 0 Å². The molecule has 0 aromatic heterocycles. The van der Waals surface area contributed by atoms with Crippen LogP contribution in [0.2, 0.25) is 0 Å². The molecular formula is C16H17BrFNO. The zero-order chi connectivity index (χ0) is 14.4. The lowest BCUT2D eigenvalue weighted by atomic mass is 10.1. The van der Waals surface area contributed by atoms with Gasteiger partial charge in [0.1, 0.15) is 5.82 Å². The highest BCUT2D eigenvalue weighted by molar-refractivity contribution is 9.10. The minimum atomic E-state index is -0.237. The number of nitrogens with one attached hydrogen (secondary N) is 1. The van der Waals surface area contributed by atoms with E-state index in [0.717, 1.165) is 12.1 Å². The van der Waals surface area contributed by atoms with Crippen molar-refractivity contribution in [2.75, 3.05) is 7.11 Å². The van der Waals surface area contributed by atoms with Crippen LogP contribution in [0.15, 0.2) is 46.9 Å². The van der Waals surface area contributed by atoms with Gasteiger partial charge in [-0.15, -0.1) is 0 Å². The Hall–Kier alpha value is -1.23. The fourth-order valence-corrected chi connectivity index (χ4v) is 2.44. The fourth-order valence-electron chi connectivity index (χ4n) is 2.02. The van der Waals surface area contributed by atoms with Gasteiger partial charge in [0.25, 0.3) is 0 Å². The second-order valence-corrected chi connectivity index (χ2v) is 5.41. The molecule has 0 fully saturated rings. The Morgan fingerprint density at radius 2 is 1.85 bits per heavy atom. The molecule has 0 spiro atoms. The van der Waals surface area contributed by atoms with Crippen molar-refractivity contribution < 1.29 is 9.13 Å². The maximum absolute atomic E-state index is 13.1. The molecule has 2 rings (SSSR count). The maximum atomic E-state index is 13.1. The quantitative estimate of drug-likeness (QED) is 0.859. The van der Waals surface area contributed by atoms with Crippen LogP contribution in [0.4, 0.5) is 4.39 Å². The molecule has 0 aliphatic carbocycles. The SMILES string of the molecule is COCc1ccccc1CNCc1ccc(F)c(Br)c1. The predicted molar refractivity (Wildman–Crippen MR) is 81.8 cm³/mol. The van der Waals surface area contributed by atoms with Crippen molar-refractivity contribution in [2.24, 2.45) is 0 Å². The Balaban J connectivity index is 1.94. The van der Waals surface area contributed by atoms with Crippen LogP contribution in [0, 0.1) is 5.82 Å². The highest BCUT2D eigenvalue weighted by Gasteiger charge is 2.03. The maximum Gasteiger partial charge on any atom is 0.137 e. The molecule has 20 heavy (non-hydrogen) atoms. The Morgan fingerprint density at radius 1 is 1.10 bits per heavy atom. The van der Waals surface area contributed by atoms with Gasteiger partial charge in [0, 0.05) is 20.2 Å². The summed E-state index contributed by atoms with van der Waals surface area (Å²) in [7, 11) is 1.69. The molecule has 0 saturated carbocycles. The molecular weight excluding hydrogens is 321 g/mol. The average Bonchev–Trinajstić information content (AvgIpc) is 2.45. The molecule has 0 atom stereocenters. The van der Waals surface area contributed by atoms with E-state index in [4.69, 9.17) is 4.74 Å². The lowest BCUT2D eigenvalue weighted by Gasteiger charge is -2.10. The summed E-state index contributed by atoms with van der Waals surface area (Å²) < 4.78 is 18.8. The highest BCUT2D eigenvalue weighted by Crippen LogP contribution is 2.17. The van der Waals surface area contributed by atoms with Gasteiger partial charge in [-0.3, -0.25) is 0 Å². The van der Waals surface area contributed by atoms with Crippen molar-refractivity contribution in [3.63, 3.8) is 0 Å². The molecule has 0 unspecified atom stereocenters. The van der Waals surface area contributed by atoms with Crippen LogP contribution >= 0.6 is 15.9 Å². The number of benzene rings is 2. The predicted octanol–water partition coefficient (Wildman–Crippen LogP) is 4.02. The first kappa shape index (κ1) is 15.2. The van der Waals surface area contributed by atoms with Crippen molar-refractivity contribution in [3.05, 3.63) is 69.4 Å². The largest absolute Gasteiger partial charge is 0.380 e. The molecule has 4 heteroatoms. The molecule has 0 heterocycles. The Bertz CT molecular complexity index is 574. The van der Waals surface area contributed by atoms with E-state index in [0.29, 0.717) is 17.6 Å². The molecule has 0 bridgehead atoms. The summed E-state index contributed by atoms with van der Waals surface area (Å²) in [5, 5.41) is 3.36. The minimum Gasteiger partial charge on any atom is -0.380 e. The van der Waals surface area contributed by atoms with Crippen LogP contribution in [0.1, 0.15) is 16.7 Å². The number of halogens is 2. The third-order valence-electron chi connectivity index (χ3n) is 3.05. The molecule has 0 saturated heterocycles. The van der Waals surface area contributed by atoms with Gasteiger partial charge in [0.05, 0.1) is 11.1 Å². The molecule has 0 aliphatic heterocycles. The van der Waals surface area contributed by atoms with Gasteiger partial charge in [-0.25, -0.2) is 4.39 Å². The Kier molecular flexibility index (Phi) is 5.71. The van der Waals surface area contributed by atoms with Gasteiger partial charge < -0.3 is 10.1 Å². The van der Waals surface area contributed by atoms with Gasteiger partial charge >= 0.3 is 0 Å². The van der Waals surface area contributed by atoms with Crippen LogP contribution in [0.25, 0.3) is 0 Å². The van der Waals surface area contributed by atoms with Gasteiger partial charge in [0.2, 0.25) is 0 Å². The number of rotatable bonds is 6. The second kappa shape index (κ2) is 7.53. The van der Waals surface area contributed by atoms with E-state index in [9.17, 15) is 4.39 Å². The van der Waals surface area contributed by atoms with Crippen LogP contribution in [0.3, 0.4) is 0 Å². The first-order valence-electron chi connectivity index (χ1n) is 6.41. The third kappa shape index (κ3) is 4.13. The van der Waals surface area contributed by atoms with Gasteiger partial charge in [-0.2, -0.15) is 0 Å². The summed E-state index contributed by atoms with van der Waals surface area (Å²) in [4.78, 5) is 0. The van der Waals surface area contributed by atoms with E-state index in [1.807, 2.05) is 12.1 Å². The summed E-state index contributed by atoms with van der Waals surface area (Å²) in [6.45, 7) is 2.06. The minimum absolute atomic E-state index is 0.237. The van der Waals surface area contributed by atoms with E-state index in [-0.39, 0.29) is 5.82 Å². The number of ether oxygens (including phenoxy) is 1. The van der Waals surface area contributed by atoms with Crippen molar-refractivity contribution in [1.82, 2.24) is 5.32 Å². The smallest absolute Gasteiger partial charge is 0.137 e. The third-order valence-corrected chi connectivity index (χ3v) is 3.65. The first-order valence-corrected chi connectivity index (χ1v) is 7.20. The Labute approximate surface area is 127 Å². The lowest BCUT2D eigenvalue weighted by molar-refractivity contribution is 0.184. The molecule has 0 amide bonds. The van der Waals surface area contributed by atoms with Crippen LogP contribution < -0.4 is 5.32 Å². The fraction of sp³-hybridized carbons (Fsp3) is 0.250.